The Morgan fingerprint density at radius 2 is 1.86 bits per heavy atom. The Bertz CT molecular complexity index is 1030. The molecule has 4 rings (SSSR count). The number of carbonyl (C=O) groups excluding carboxylic acids is 1. The predicted octanol–water partition coefficient (Wildman–Crippen LogP) is 1.92. The minimum absolute atomic E-state index is 0.0974. The number of ether oxygens (including phenoxy) is 3. The summed E-state index contributed by atoms with van der Waals surface area (Å²) in [5.41, 5.74) is 6.24. The fraction of sp³-hybridized carbons (Fsp3) is 0.350. The summed E-state index contributed by atoms with van der Waals surface area (Å²) >= 11 is 0. The highest BCUT2D eigenvalue weighted by Gasteiger charge is 2.74. The summed E-state index contributed by atoms with van der Waals surface area (Å²) < 4.78 is 42.4. The highest BCUT2D eigenvalue weighted by Crippen LogP contribution is 2.57. The van der Waals surface area contributed by atoms with E-state index in [1.807, 2.05) is 6.92 Å². The second kappa shape index (κ2) is 6.49. The van der Waals surface area contributed by atoms with Gasteiger partial charge in [-0.25, -0.2) is 13.2 Å². The predicted molar refractivity (Wildman–Crippen MR) is 101 cm³/mol. The van der Waals surface area contributed by atoms with Crippen molar-refractivity contribution in [1.29, 1.82) is 0 Å². The highest BCUT2D eigenvalue weighted by atomic mass is 32.2. The van der Waals surface area contributed by atoms with Crippen molar-refractivity contribution >= 4 is 15.8 Å². The van der Waals surface area contributed by atoms with Gasteiger partial charge in [-0.3, -0.25) is 0 Å². The monoisotopic (exact) mass is 403 g/mol. The molecule has 28 heavy (non-hydrogen) atoms. The van der Waals surface area contributed by atoms with Crippen molar-refractivity contribution in [2.45, 2.75) is 35.4 Å². The van der Waals surface area contributed by atoms with Gasteiger partial charge >= 0.3 is 5.97 Å². The molecule has 0 amide bonds. The molecular weight excluding hydrogens is 382 g/mol. The number of esters is 1. The van der Waals surface area contributed by atoms with Gasteiger partial charge in [0, 0.05) is 5.92 Å². The number of fused-ring (bicyclic) bond motifs is 1. The fourth-order valence-corrected chi connectivity index (χ4v) is 5.97. The lowest BCUT2D eigenvalue weighted by Gasteiger charge is -2.11. The molecule has 8 heteroatoms. The number of nitrogens with two attached hydrogens (primary N) is 1. The van der Waals surface area contributed by atoms with Gasteiger partial charge in [0.15, 0.2) is 21.3 Å². The number of rotatable bonds is 5. The number of sulfone groups is 1. The number of aryl methyl sites for hydroxylation is 1. The van der Waals surface area contributed by atoms with E-state index in [-0.39, 0.29) is 18.3 Å². The molecule has 1 saturated carbocycles. The van der Waals surface area contributed by atoms with E-state index < -0.39 is 32.5 Å². The summed E-state index contributed by atoms with van der Waals surface area (Å²) in [5, 5.41) is -1.12. The van der Waals surface area contributed by atoms with E-state index in [0.717, 1.165) is 5.56 Å². The maximum absolute atomic E-state index is 13.3. The largest absolute Gasteiger partial charge is 0.465 e. The zero-order valence-electron chi connectivity index (χ0n) is 15.5. The third-order valence-electron chi connectivity index (χ3n) is 5.25. The highest BCUT2D eigenvalue weighted by molar-refractivity contribution is 7.92. The van der Waals surface area contributed by atoms with Gasteiger partial charge < -0.3 is 19.9 Å². The molecular formula is C20H21NO6S. The van der Waals surface area contributed by atoms with Gasteiger partial charge in [-0.1, -0.05) is 23.8 Å². The van der Waals surface area contributed by atoms with E-state index in [0.29, 0.717) is 17.1 Å². The van der Waals surface area contributed by atoms with Gasteiger partial charge in [0.25, 0.3) is 0 Å². The molecule has 7 nitrogen and oxygen atoms in total. The fourth-order valence-electron chi connectivity index (χ4n) is 3.74. The number of hydrogen-bond acceptors (Lipinski definition) is 7. The number of hydrogen-bond donors (Lipinski definition) is 1. The Morgan fingerprint density at radius 1 is 1.18 bits per heavy atom. The third-order valence-corrected chi connectivity index (χ3v) is 7.51. The molecule has 0 aromatic heterocycles. The maximum Gasteiger partial charge on any atom is 0.328 e. The minimum atomic E-state index is -3.86. The summed E-state index contributed by atoms with van der Waals surface area (Å²) in [6.07, 6.45) is 0. The molecule has 0 spiro atoms. The third kappa shape index (κ3) is 2.75. The lowest BCUT2D eigenvalue weighted by atomic mass is 10.1. The second-order valence-electron chi connectivity index (χ2n) is 7.02. The van der Waals surface area contributed by atoms with Crippen molar-refractivity contribution in [1.82, 2.24) is 0 Å². The van der Waals surface area contributed by atoms with Crippen LogP contribution in [0.5, 0.6) is 11.5 Å². The first kappa shape index (κ1) is 18.8. The van der Waals surface area contributed by atoms with Crippen LogP contribution >= 0.6 is 0 Å². The molecule has 2 aromatic rings. The number of benzene rings is 2. The van der Waals surface area contributed by atoms with E-state index in [2.05, 4.69) is 0 Å². The molecule has 3 atom stereocenters. The van der Waals surface area contributed by atoms with Crippen LogP contribution in [0.1, 0.15) is 24.0 Å². The van der Waals surface area contributed by atoms with E-state index >= 15 is 0 Å². The average Bonchev–Trinajstić information content (AvgIpc) is 3.07. The van der Waals surface area contributed by atoms with Crippen molar-refractivity contribution < 1.29 is 27.4 Å². The normalized spacial score (nSPS) is 25.4. The maximum atomic E-state index is 13.3. The Kier molecular flexibility index (Phi) is 4.35. The van der Waals surface area contributed by atoms with Crippen LogP contribution in [0.3, 0.4) is 0 Å². The Hall–Kier alpha value is -2.58. The molecule has 2 N–H and O–H groups in total. The topological polar surface area (TPSA) is 105 Å². The summed E-state index contributed by atoms with van der Waals surface area (Å²) in [6.45, 7) is 3.74. The molecule has 0 saturated heterocycles. The first-order chi connectivity index (χ1) is 13.3. The number of carbonyl (C=O) groups is 1. The quantitative estimate of drug-likeness (QED) is 0.761. The minimum Gasteiger partial charge on any atom is -0.465 e. The Labute approximate surface area is 163 Å². The van der Waals surface area contributed by atoms with Crippen LogP contribution in [0.15, 0.2) is 47.4 Å². The SMILES string of the molecule is CCOC(=O)[C@]1(N)[C@H](c2ccc3c(c2)OCO3)[C@@H]1S(=O)(=O)c1ccc(C)cc1. The average molecular weight is 403 g/mol. The van der Waals surface area contributed by atoms with Gasteiger partial charge in [0.1, 0.15) is 10.8 Å². The van der Waals surface area contributed by atoms with E-state index in [4.69, 9.17) is 19.9 Å². The standard InChI is InChI=1S/C20H21NO6S/c1-3-25-19(22)20(21)17(13-6-9-15-16(10-13)27-11-26-15)18(20)28(23,24)14-7-4-12(2)5-8-14/h4-10,17-18H,3,11,21H2,1-2H3/t17-,18+,20+/m1/s1. The molecule has 2 aliphatic rings. The van der Waals surface area contributed by atoms with Crippen molar-refractivity contribution in [2.75, 3.05) is 13.4 Å². The van der Waals surface area contributed by atoms with Crippen LogP contribution < -0.4 is 15.2 Å². The van der Waals surface area contributed by atoms with Crippen molar-refractivity contribution in [2.24, 2.45) is 5.73 Å². The molecule has 1 aliphatic heterocycles. The van der Waals surface area contributed by atoms with Gasteiger partial charge in [0.2, 0.25) is 6.79 Å². The van der Waals surface area contributed by atoms with Gasteiger partial charge in [0.05, 0.1) is 11.5 Å². The summed E-state index contributed by atoms with van der Waals surface area (Å²) in [6, 6.07) is 11.6. The van der Waals surface area contributed by atoms with E-state index in [9.17, 15) is 13.2 Å². The lowest BCUT2D eigenvalue weighted by molar-refractivity contribution is -0.145. The zero-order valence-corrected chi connectivity index (χ0v) is 16.4. The van der Waals surface area contributed by atoms with E-state index in [1.54, 1.807) is 37.3 Å². The first-order valence-electron chi connectivity index (χ1n) is 8.96. The second-order valence-corrected chi connectivity index (χ2v) is 9.09. The molecule has 2 aromatic carbocycles. The Morgan fingerprint density at radius 3 is 2.54 bits per heavy atom. The first-order valence-corrected chi connectivity index (χ1v) is 10.5. The van der Waals surface area contributed by atoms with Crippen molar-refractivity contribution in [3.63, 3.8) is 0 Å². The van der Waals surface area contributed by atoms with Gasteiger partial charge in [-0.05, 0) is 43.7 Å². The van der Waals surface area contributed by atoms with E-state index in [1.165, 1.54) is 12.1 Å². The van der Waals surface area contributed by atoms with Crippen LogP contribution in [0, 0.1) is 6.92 Å². The van der Waals surface area contributed by atoms with Crippen molar-refractivity contribution in [3.8, 4) is 11.5 Å². The van der Waals surface area contributed by atoms with Crippen LogP contribution in [0.2, 0.25) is 0 Å². The molecule has 0 unspecified atom stereocenters. The van der Waals surface area contributed by atoms with Gasteiger partial charge in [-0.15, -0.1) is 0 Å². The van der Waals surface area contributed by atoms with Crippen LogP contribution in [-0.4, -0.2) is 38.6 Å². The summed E-state index contributed by atoms with van der Waals surface area (Å²) in [4.78, 5) is 12.7. The van der Waals surface area contributed by atoms with Crippen LogP contribution in [-0.2, 0) is 19.4 Å². The van der Waals surface area contributed by atoms with Gasteiger partial charge in [-0.2, -0.15) is 0 Å². The smallest absolute Gasteiger partial charge is 0.328 e. The molecule has 148 valence electrons. The summed E-state index contributed by atoms with van der Waals surface area (Å²) in [5.74, 6) is -0.395. The van der Waals surface area contributed by atoms with Crippen molar-refractivity contribution in [3.05, 3.63) is 53.6 Å². The Balaban J connectivity index is 1.77. The molecule has 1 heterocycles. The van der Waals surface area contributed by atoms with Crippen LogP contribution in [0.4, 0.5) is 0 Å². The molecule has 1 fully saturated rings. The van der Waals surface area contributed by atoms with Crippen LogP contribution in [0.25, 0.3) is 0 Å². The lowest BCUT2D eigenvalue weighted by Crippen LogP contribution is -2.41. The summed E-state index contributed by atoms with van der Waals surface area (Å²) in [7, 11) is -3.86. The molecule has 0 radical (unpaired) electrons. The molecule has 1 aliphatic carbocycles. The zero-order chi connectivity index (χ0) is 20.1. The molecule has 0 bridgehead atoms.